The highest BCUT2D eigenvalue weighted by Gasteiger charge is 2.49. The van der Waals surface area contributed by atoms with Gasteiger partial charge in [-0.1, -0.05) is 6.07 Å². The van der Waals surface area contributed by atoms with Gasteiger partial charge in [-0.2, -0.15) is 0 Å². The summed E-state index contributed by atoms with van der Waals surface area (Å²) >= 11 is 0. The molecular weight excluding hydrogens is 362 g/mol. The Hall–Kier alpha value is -1.54. The van der Waals surface area contributed by atoms with Crippen molar-refractivity contribution in [1.29, 1.82) is 0 Å². The maximum atomic E-state index is 13.9. The van der Waals surface area contributed by atoms with E-state index in [1.165, 1.54) is 12.1 Å². The molecule has 8 heteroatoms. The zero-order chi connectivity index (χ0) is 18.5. The molecule has 0 spiro atoms. The summed E-state index contributed by atoms with van der Waals surface area (Å²) in [5, 5.41) is -0.347. The maximum Gasteiger partial charge on any atom is 0.240 e. The highest BCUT2D eigenvalue weighted by molar-refractivity contribution is 7.92. The minimum Gasteiger partial charge on any atom is -0.337 e. The van der Waals surface area contributed by atoms with Crippen LogP contribution in [-0.2, 0) is 21.2 Å². The molecule has 3 fully saturated rings. The number of hydrogen-bond acceptors (Lipinski definition) is 4. The second-order valence-electron chi connectivity index (χ2n) is 7.56. The van der Waals surface area contributed by atoms with Gasteiger partial charge in [-0.25, -0.2) is 17.2 Å². The largest absolute Gasteiger partial charge is 0.337 e. The van der Waals surface area contributed by atoms with Crippen LogP contribution in [0.2, 0.25) is 0 Å². The van der Waals surface area contributed by atoms with Crippen LogP contribution in [-0.4, -0.2) is 60.8 Å². The van der Waals surface area contributed by atoms with Crippen molar-refractivity contribution in [1.82, 2.24) is 9.80 Å². The molecule has 0 N–H and O–H groups in total. The molecule has 1 aromatic rings. The molecule has 0 saturated carbocycles. The summed E-state index contributed by atoms with van der Waals surface area (Å²) in [6.45, 7) is 1.70. The second-order valence-corrected chi connectivity index (χ2v) is 9.90. The van der Waals surface area contributed by atoms with Gasteiger partial charge in [-0.05, 0) is 31.2 Å². The molecule has 4 rings (SSSR count). The van der Waals surface area contributed by atoms with E-state index < -0.39 is 21.5 Å². The number of piperidine rings is 1. The van der Waals surface area contributed by atoms with E-state index in [1.807, 2.05) is 4.90 Å². The Morgan fingerprint density at radius 3 is 2.69 bits per heavy atom. The molecule has 3 atom stereocenters. The monoisotopic (exact) mass is 384 g/mol. The number of benzene rings is 1. The van der Waals surface area contributed by atoms with Crippen molar-refractivity contribution in [2.24, 2.45) is 5.92 Å². The number of carbonyl (C=O) groups excluding carboxylic acids is 1. The first-order valence-electron chi connectivity index (χ1n) is 9.03. The lowest BCUT2D eigenvalue weighted by molar-refractivity contribution is -0.140. The number of fused-ring (bicyclic) bond motifs is 1. The summed E-state index contributed by atoms with van der Waals surface area (Å²) in [5.41, 5.74) is 0.293. The van der Waals surface area contributed by atoms with Crippen LogP contribution in [0.25, 0.3) is 0 Å². The van der Waals surface area contributed by atoms with Crippen molar-refractivity contribution in [3.8, 4) is 0 Å². The van der Waals surface area contributed by atoms with Crippen molar-refractivity contribution < 1.29 is 22.0 Å². The Morgan fingerprint density at radius 2 is 1.96 bits per heavy atom. The van der Waals surface area contributed by atoms with Gasteiger partial charge in [0, 0.05) is 37.8 Å². The van der Waals surface area contributed by atoms with Crippen LogP contribution in [0.1, 0.15) is 24.8 Å². The number of rotatable bonds is 3. The standard InChI is InChI=1S/C18H22F2N2O3S/c19-14-4-3-12(15(20)8-14)9-21-6-1-2-16(18(21)23)22-10-13-5-7-26(24,25)17(13)11-22/h3-4,8,13,16-17H,1-2,5-7,9-11H2/t13-,16?,17+/m0/s1. The first-order chi connectivity index (χ1) is 12.3. The summed E-state index contributed by atoms with van der Waals surface area (Å²) in [6, 6.07) is 3.05. The molecule has 26 heavy (non-hydrogen) atoms. The molecule has 0 radical (unpaired) electrons. The van der Waals surface area contributed by atoms with Crippen molar-refractivity contribution in [2.45, 2.75) is 37.1 Å². The lowest BCUT2D eigenvalue weighted by Gasteiger charge is -2.37. The third-order valence-corrected chi connectivity index (χ3v) is 8.22. The van der Waals surface area contributed by atoms with Gasteiger partial charge in [0.05, 0.1) is 17.0 Å². The zero-order valence-electron chi connectivity index (χ0n) is 14.4. The van der Waals surface area contributed by atoms with E-state index in [4.69, 9.17) is 0 Å². The summed E-state index contributed by atoms with van der Waals surface area (Å²) in [6.07, 6.45) is 2.16. The summed E-state index contributed by atoms with van der Waals surface area (Å²) < 4.78 is 51.2. The van der Waals surface area contributed by atoms with E-state index in [2.05, 4.69) is 0 Å². The van der Waals surface area contributed by atoms with Crippen LogP contribution < -0.4 is 0 Å². The predicted octanol–water partition coefficient (Wildman–Crippen LogP) is 1.57. The number of nitrogens with zero attached hydrogens (tertiary/aromatic N) is 2. The van der Waals surface area contributed by atoms with E-state index in [0.29, 0.717) is 38.0 Å². The maximum absolute atomic E-state index is 13.9. The van der Waals surface area contributed by atoms with E-state index >= 15 is 0 Å². The van der Waals surface area contributed by atoms with Crippen LogP contribution in [0.15, 0.2) is 18.2 Å². The lowest BCUT2D eigenvalue weighted by Crippen LogP contribution is -2.52. The van der Waals surface area contributed by atoms with Crippen molar-refractivity contribution >= 4 is 15.7 Å². The number of sulfone groups is 1. The zero-order valence-corrected chi connectivity index (χ0v) is 15.2. The molecule has 3 saturated heterocycles. The summed E-state index contributed by atoms with van der Waals surface area (Å²) in [5.74, 6) is -0.999. The van der Waals surface area contributed by atoms with E-state index in [9.17, 15) is 22.0 Å². The quantitative estimate of drug-likeness (QED) is 0.794. The second kappa shape index (κ2) is 6.56. The fraction of sp³-hybridized carbons (Fsp3) is 0.611. The molecule has 5 nitrogen and oxygen atoms in total. The minimum absolute atomic E-state index is 0.0858. The topological polar surface area (TPSA) is 57.7 Å². The van der Waals surface area contributed by atoms with Crippen LogP contribution in [0.5, 0.6) is 0 Å². The number of amides is 1. The molecular formula is C18H22F2N2O3S. The summed E-state index contributed by atoms with van der Waals surface area (Å²) in [7, 11) is -3.04. The van der Waals surface area contributed by atoms with Gasteiger partial charge in [0.25, 0.3) is 0 Å². The van der Waals surface area contributed by atoms with Crippen LogP contribution in [0.4, 0.5) is 8.78 Å². The first kappa shape index (κ1) is 17.9. The number of halogens is 2. The molecule has 0 aliphatic carbocycles. The van der Waals surface area contributed by atoms with Gasteiger partial charge in [0.2, 0.25) is 5.91 Å². The number of hydrogen-bond donors (Lipinski definition) is 0. The molecule has 3 heterocycles. The van der Waals surface area contributed by atoms with Crippen molar-refractivity contribution in [3.05, 3.63) is 35.4 Å². The molecule has 3 aliphatic heterocycles. The Labute approximate surface area is 151 Å². The van der Waals surface area contributed by atoms with Crippen molar-refractivity contribution in [3.63, 3.8) is 0 Å². The molecule has 1 unspecified atom stereocenters. The van der Waals surface area contributed by atoms with Gasteiger partial charge in [-0.3, -0.25) is 9.69 Å². The Bertz CT molecular complexity index is 830. The van der Waals surface area contributed by atoms with E-state index in [-0.39, 0.29) is 35.4 Å². The molecule has 142 valence electrons. The summed E-state index contributed by atoms with van der Waals surface area (Å²) in [4.78, 5) is 16.5. The van der Waals surface area contributed by atoms with Gasteiger partial charge in [-0.15, -0.1) is 0 Å². The molecule has 0 bridgehead atoms. The van der Waals surface area contributed by atoms with E-state index in [1.54, 1.807) is 4.90 Å². The van der Waals surface area contributed by atoms with E-state index in [0.717, 1.165) is 12.5 Å². The molecule has 1 aromatic carbocycles. The smallest absolute Gasteiger partial charge is 0.240 e. The molecule has 3 aliphatic rings. The van der Waals surface area contributed by atoms with Crippen molar-refractivity contribution in [2.75, 3.05) is 25.4 Å². The van der Waals surface area contributed by atoms with Crippen LogP contribution in [0.3, 0.4) is 0 Å². The first-order valence-corrected chi connectivity index (χ1v) is 10.7. The van der Waals surface area contributed by atoms with Gasteiger partial charge < -0.3 is 4.90 Å². The molecule has 0 aromatic heterocycles. The third kappa shape index (κ3) is 3.13. The van der Waals surface area contributed by atoms with Gasteiger partial charge >= 0.3 is 0 Å². The van der Waals surface area contributed by atoms with Gasteiger partial charge in [0.1, 0.15) is 11.6 Å². The predicted molar refractivity (Wildman–Crippen MR) is 92.1 cm³/mol. The normalized spacial score (nSPS) is 31.4. The molecule has 1 amide bonds. The number of likely N-dealkylation sites (tertiary alicyclic amines) is 2. The highest BCUT2D eigenvalue weighted by Crippen LogP contribution is 2.36. The SMILES string of the molecule is O=C1C(N2C[C@@H]3CCS(=O)(=O)[C@@H]3C2)CCCN1Cc1ccc(F)cc1F. The average molecular weight is 384 g/mol. The lowest BCUT2D eigenvalue weighted by atomic mass is 10.0. The van der Waals surface area contributed by atoms with Gasteiger partial charge in [0.15, 0.2) is 9.84 Å². The fourth-order valence-electron chi connectivity index (χ4n) is 4.55. The number of carbonyl (C=O) groups is 1. The Kier molecular flexibility index (Phi) is 4.51. The third-order valence-electron chi connectivity index (χ3n) is 5.96. The highest BCUT2D eigenvalue weighted by atomic mass is 32.2. The van der Waals surface area contributed by atoms with Crippen LogP contribution >= 0.6 is 0 Å². The Morgan fingerprint density at radius 1 is 1.15 bits per heavy atom. The fourth-order valence-corrected chi connectivity index (χ4v) is 6.71. The minimum atomic E-state index is -3.04. The Balaban J connectivity index is 1.47. The average Bonchev–Trinajstić information content (AvgIpc) is 3.13. The van der Waals surface area contributed by atoms with Crippen LogP contribution in [0, 0.1) is 17.6 Å².